The first kappa shape index (κ1) is 32.1. The monoisotopic (exact) mass is 621 g/mol. The molecule has 1 aromatic heterocycles. The van der Waals surface area contributed by atoms with Crippen LogP contribution in [0.3, 0.4) is 0 Å². The summed E-state index contributed by atoms with van der Waals surface area (Å²) in [5, 5.41) is 0. The third-order valence-corrected chi connectivity index (χ3v) is 7.85. The number of nitrogens with zero attached hydrogens (tertiary/aromatic N) is 2. The summed E-state index contributed by atoms with van der Waals surface area (Å²) in [5.41, 5.74) is 1.35. The van der Waals surface area contributed by atoms with Crippen LogP contribution >= 0.6 is 0 Å². The van der Waals surface area contributed by atoms with Crippen LogP contribution in [-0.4, -0.2) is 52.3 Å². The summed E-state index contributed by atoms with van der Waals surface area (Å²) in [5.74, 6) is 0.439. The number of benzene rings is 3. The molecule has 232 valence electrons. The third kappa shape index (κ3) is 7.75. The van der Waals surface area contributed by atoms with Crippen molar-refractivity contribution in [2.24, 2.45) is 0 Å². The zero-order chi connectivity index (χ0) is 31.9. The Balaban J connectivity index is 1.86. The first-order chi connectivity index (χ1) is 20.9. The minimum Gasteiger partial charge on any atom is -0.497 e. The van der Waals surface area contributed by atoms with Gasteiger partial charge in [0.2, 0.25) is 5.75 Å². The molecule has 1 heterocycles. The van der Waals surface area contributed by atoms with Gasteiger partial charge in [0.1, 0.15) is 12.4 Å². The first-order valence-corrected chi connectivity index (χ1v) is 15.1. The van der Waals surface area contributed by atoms with E-state index < -0.39 is 16.0 Å². The highest BCUT2D eigenvalue weighted by molar-refractivity contribution is 7.92. The minimum atomic E-state index is -4.17. The molecule has 11 nitrogen and oxygen atoms in total. The van der Waals surface area contributed by atoms with Crippen molar-refractivity contribution in [1.29, 1.82) is 0 Å². The summed E-state index contributed by atoms with van der Waals surface area (Å²) in [7, 11) is 0.120. The lowest BCUT2D eigenvalue weighted by Gasteiger charge is -2.20. The molecule has 1 N–H and O–H groups in total. The molecule has 44 heavy (non-hydrogen) atoms. The van der Waals surface area contributed by atoms with Crippen LogP contribution in [0.2, 0.25) is 0 Å². The van der Waals surface area contributed by atoms with Crippen molar-refractivity contribution in [2.75, 3.05) is 32.7 Å². The standard InChI is InChI=1S/C32H35N3O8S/c1-32(2,3)22-13-17-24(18-14-22)44(37,38)35-30-28(43-26-10-8-7-9-25(26)40-5)31(42-20-19-27(36)41-6)34-29(33-30)21-11-15-23(39-4)16-12-21/h7-18H,19-20H2,1-6H3,(H,33,34,35). The Morgan fingerprint density at radius 3 is 2.09 bits per heavy atom. The highest BCUT2D eigenvalue weighted by atomic mass is 32.2. The Hall–Kier alpha value is -4.84. The van der Waals surface area contributed by atoms with E-state index in [2.05, 4.69) is 14.7 Å². The van der Waals surface area contributed by atoms with Gasteiger partial charge < -0.3 is 23.7 Å². The molecule has 0 aliphatic rings. The van der Waals surface area contributed by atoms with Crippen LogP contribution in [0.5, 0.6) is 28.9 Å². The number of ether oxygens (including phenoxy) is 5. The molecule has 3 aromatic carbocycles. The highest BCUT2D eigenvalue weighted by Crippen LogP contribution is 2.42. The molecule has 0 amide bonds. The van der Waals surface area contributed by atoms with Crippen LogP contribution in [0, 0.1) is 0 Å². The lowest BCUT2D eigenvalue weighted by molar-refractivity contribution is -0.141. The molecular weight excluding hydrogens is 586 g/mol. The van der Waals surface area contributed by atoms with Crippen molar-refractivity contribution in [3.8, 4) is 40.3 Å². The summed E-state index contributed by atoms with van der Waals surface area (Å²) < 4.78 is 57.5. The Labute approximate surface area is 257 Å². The zero-order valence-corrected chi connectivity index (χ0v) is 26.2. The summed E-state index contributed by atoms with van der Waals surface area (Å²) in [4.78, 5) is 20.9. The molecule has 0 spiro atoms. The molecule has 4 aromatic rings. The maximum Gasteiger partial charge on any atom is 0.308 e. The average molecular weight is 622 g/mol. The molecule has 12 heteroatoms. The fraction of sp³-hybridized carbons (Fsp3) is 0.281. The molecular formula is C32H35N3O8S. The van der Waals surface area contributed by atoms with Crippen molar-refractivity contribution in [1.82, 2.24) is 9.97 Å². The fourth-order valence-corrected chi connectivity index (χ4v) is 5.03. The number of anilines is 1. The Bertz CT molecular complexity index is 1700. The molecule has 0 fully saturated rings. The topological polar surface area (TPSA) is 135 Å². The van der Waals surface area contributed by atoms with E-state index in [0.717, 1.165) is 5.56 Å². The number of hydrogen-bond donors (Lipinski definition) is 1. The van der Waals surface area contributed by atoms with Gasteiger partial charge in [0.05, 0.1) is 32.6 Å². The van der Waals surface area contributed by atoms with Crippen LogP contribution in [-0.2, 0) is 25.0 Å². The third-order valence-electron chi connectivity index (χ3n) is 6.50. The van der Waals surface area contributed by atoms with Crippen LogP contribution in [0.25, 0.3) is 11.4 Å². The number of para-hydroxylation sites is 2. The number of nitrogens with one attached hydrogen (secondary N) is 1. The summed E-state index contributed by atoms with van der Waals surface area (Å²) in [6.07, 6.45) is -0.0896. The number of rotatable bonds is 12. The van der Waals surface area contributed by atoms with Crippen LogP contribution in [0.15, 0.2) is 77.7 Å². The minimum absolute atomic E-state index is 0.0199. The average Bonchev–Trinajstić information content (AvgIpc) is 3.02. The van der Waals surface area contributed by atoms with Crippen molar-refractivity contribution in [3.05, 3.63) is 78.4 Å². The van der Waals surface area contributed by atoms with Gasteiger partial charge in [-0.05, 0) is 59.5 Å². The SMILES string of the molecule is COC(=O)CCOc1nc(-c2ccc(OC)cc2)nc(NS(=O)(=O)c2ccc(C(C)(C)C)cc2)c1Oc1ccccc1OC. The predicted molar refractivity (Wildman–Crippen MR) is 165 cm³/mol. The van der Waals surface area contributed by atoms with E-state index >= 15 is 0 Å². The second-order valence-corrected chi connectivity index (χ2v) is 12.2. The van der Waals surface area contributed by atoms with E-state index in [4.69, 9.17) is 23.7 Å². The van der Waals surface area contributed by atoms with E-state index in [1.165, 1.54) is 26.4 Å². The fourth-order valence-electron chi connectivity index (χ4n) is 4.02. The summed E-state index contributed by atoms with van der Waals surface area (Å²) >= 11 is 0. The van der Waals surface area contributed by atoms with E-state index in [0.29, 0.717) is 17.1 Å². The molecule has 4 rings (SSSR count). The Kier molecular flexibility index (Phi) is 9.94. The maximum absolute atomic E-state index is 13.7. The van der Waals surface area contributed by atoms with Gasteiger partial charge in [-0.1, -0.05) is 45.0 Å². The summed E-state index contributed by atoms with van der Waals surface area (Å²) in [6.45, 7) is 5.99. The molecule has 0 atom stereocenters. The molecule has 0 unspecified atom stereocenters. The van der Waals surface area contributed by atoms with E-state index in [1.54, 1.807) is 67.8 Å². The maximum atomic E-state index is 13.7. The zero-order valence-electron chi connectivity index (χ0n) is 25.4. The van der Waals surface area contributed by atoms with Crippen molar-refractivity contribution < 1.29 is 36.9 Å². The van der Waals surface area contributed by atoms with Crippen molar-refractivity contribution >= 4 is 21.8 Å². The second kappa shape index (κ2) is 13.6. The Morgan fingerprint density at radius 2 is 1.50 bits per heavy atom. The number of sulfonamides is 1. The largest absolute Gasteiger partial charge is 0.497 e. The molecule has 0 aliphatic carbocycles. The number of aromatic nitrogens is 2. The van der Waals surface area contributed by atoms with E-state index in [9.17, 15) is 13.2 Å². The number of esters is 1. The predicted octanol–water partition coefficient (Wildman–Crippen LogP) is 5.99. The lowest BCUT2D eigenvalue weighted by atomic mass is 9.87. The Morgan fingerprint density at radius 1 is 0.841 bits per heavy atom. The van der Waals surface area contributed by atoms with Gasteiger partial charge in [-0.15, -0.1) is 0 Å². The normalized spacial score (nSPS) is 11.4. The molecule has 0 saturated carbocycles. The van der Waals surface area contributed by atoms with Gasteiger partial charge in [0.15, 0.2) is 23.1 Å². The molecule has 0 aliphatic heterocycles. The smallest absolute Gasteiger partial charge is 0.308 e. The van der Waals surface area contributed by atoms with Crippen LogP contribution in [0.1, 0.15) is 32.8 Å². The summed E-state index contributed by atoms with van der Waals surface area (Å²) in [6, 6.07) is 20.3. The number of carbonyl (C=O) groups excluding carboxylic acids is 1. The van der Waals surface area contributed by atoms with Crippen molar-refractivity contribution in [2.45, 2.75) is 37.5 Å². The number of methoxy groups -OCH3 is 3. The molecule has 0 bridgehead atoms. The highest BCUT2D eigenvalue weighted by Gasteiger charge is 2.26. The van der Waals surface area contributed by atoms with E-state index in [1.807, 2.05) is 20.8 Å². The van der Waals surface area contributed by atoms with Crippen LogP contribution in [0.4, 0.5) is 5.82 Å². The van der Waals surface area contributed by atoms with Gasteiger partial charge in [0, 0.05) is 5.56 Å². The first-order valence-electron chi connectivity index (χ1n) is 13.7. The van der Waals surface area contributed by atoms with Gasteiger partial charge in [-0.3, -0.25) is 9.52 Å². The number of carbonyl (C=O) groups is 1. The van der Waals surface area contributed by atoms with Gasteiger partial charge >= 0.3 is 5.97 Å². The van der Waals surface area contributed by atoms with E-state index in [-0.39, 0.29) is 52.4 Å². The molecule has 0 radical (unpaired) electrons. The quantitative estimate of drug-likeness (QED) is 0.188. The lowest BCUT2D eigenvalue weighted by Crippen LogP contribution is -2.17. The molecule has 0 saturated heterocycles. The van der Waals surface area contributed by atoms with Gasteiger partial charge in [-0.2, -0.15) is 4.98 Å². The second-order valence-electron chi connectivity index (χ2n) is 10.6. The van der Waals surface area contributed by atoms with Crippen molar-refractivity contribution in [3.63, 3.8) is 0 Å². The van der Waals surface area contributed by atoms with Gasteiger partial charge in [-0.25, -0.2) is 13.4 Å². The van der Waals surface area contributed by atoms with Gasteiger partial charge in [0.25, 0.3) is 15.9 Å². The van der Waals surface area contributed by atoms with Crippen LogP contribution < -0.4 is 23.7 Å². The number of hydrogen-bond acceptors (Lipinski definition) is 10.